The van der Waals surface area contributed by atoms with E-state index in [0.29, 0.717) is 5.82 Å². The summed E-state index contributed by atoms with van der Waals surface area (Å²) in [6, 6.07) is 9.66. The van der Waals surface area contributed by atoms with Gasteiger partial charge in [-0.05, 0) is 44.0 Å². The summed E-state index contributed by atoms with van der Waals surface area (Å²) in [5, 5.41) is 15.5. The van der Waals surface area contributed by atoms with Crippen LogP contribution in [-0.2, 0) is 11.3 Å². The van der Waals surface area contributed by atoms with Gasteiger partial charge >= 0.3 is 0 Å². The molecule has 0 spiro atoms. The van der Waals surface area contributed by atoms with E-state index in [9.17, 15) is 4.79 Å². The first-order valence-electron chi connectivity index (χ1n) is 8.52. The first-order chi connectivity index (χ1) is 11.8. The van der Waals surface area contributed by atoms with Crippen molar-refractivity contribution in [1.29, 1.82) is 0 Å². The van der Waals surface area contributed by atoms with Crippen LogP contribution in [-0.4, -0.2) is 57.7 Å². The Bertz CT molecular complexity index is 648. The molecule has 3 rings (SSSR count). The first kappa shape index (κ1) is 16.6. The number of aromatic nitrogens is 4. The SMILES string of the molecule is CNCCC1CCN(C(=O)Cn2nnc(-c3ccccc3)n2)CC1. The maximum Gasteiger partial charge on any atom is 0.246 e. The lowest BCUT2D eigenvalue weighted by Crippen LogP contribution is -2.40. The van der Waals surface area contributed by atoms with Crippen LogP contribution in [0.3, 0.4) is 0 Å². The summed E-state index contributed by atoms with van der Waals surface area (Å²) in [6.45, 7) is 2.85. The summed E-state index contributed by atoms with van der Waals surface area (Å²) >= 11 is 0. The molecule has 1 aromatic heterocycles. The number of rotatable bonds is 6. The maximum absolute atomic E-state index is 12.4. The highest BCUT2D eigenvalue weighted by Crippen LogP contribution is 2.20. The van der Waals surface area contributed by atoms with Crippen LogP contribution in [0.15, 0.2) is 30.3 Å². The minimum atomic E-state index is 0.0686. The number of nitrogens with zero attached hydrogens (tertiary/aromatic N) is 5. The number of amides is 1. The molecule has 1 amide bonds. The minimum absolute atomic E-state index is 0.0686. The van der Waals surface area contributed by atoms with E-state index in [0.717, 1.165) is 44.0 Å². The Balaban J connectivity index is 1.52. The van der Waals surface area contributed by atoms with E-state index < -0.39 is 0 Å². The quantitative estimate of drug-likeness (QED) is 0.862. The molecule has 0 atom stereocenters. The third kappa shape index (κ3) is 4.17. The van der Waals surface area contributed by atoms with Gasteiger partial charge in [0.1, 0.15) is 6.54 Å². The van der Waals surface area contributed by atoms with Crippen LogP contribution in [0.5, 0.6) is 0 Å². The van der Waals surface area contributed by atoms with Crippen molar-refractivity contribution in [3.8, 4) is 11.4 Å². The van der Waals surface area contributed by atoms with Gasteiger partial charge in [0, 0.05) is 18.7 Å². The molecular formula is C17H24N6O. The molecule has 7 heteroatoms. The van der Waals surface area contributed by atoms with Crippen LogP contribution in [0.2, 0.25) is 0 Å². The standard InChI is InChI=1S/C17H24N6O/c1-18-10-7-14-8-11-22(12-9-14)16(24)13-23-20-17(19-21-23)15-5-3-2-4-6-15/h2-6,14,18H,7-13H2,1H3. The van der Waals surface area contributed by atoms with Gasteiger partial charge < -0.3 is 10.2 Å². The predicted octanol–water partition coefficient (Wildman–Crippen LogP) is 1.19. The van der Waals surface area contributed by atoms with Gasteiger partial charge in [-0.1, -0.05) is 30.3 Å². The van der Waals surface area contributed by atoms with Crippen LogP contribution >= 0.6 is 0 Å². The van der Waals surface area contributed by atoms with Crippen LogP contribution in [0.1, 0.15) is 19.3 Å². The molecule has 2 heterocycles. The summed E-state index contributed by atoms with van der Waals surface area (Å²) in [4.78, 5) is 15.7. The van der Waals surface area contributed by atoms with Crippen LogP contribution in [0.25, 0.3) is 11.4 Å². The number of nitrogens with one attached hydrogen (secondary N) is 1. The molecule has 1 aliphatic rings. The molecule has 1 aliphatic heterocycles. The van der Waals surface area contributed by atoms with Crippen molar-refractivity contribution in [1.82, 2.24) is 30.4 Å². The van der Waals surface area contributed by atoms with Crippen LogP contribution < -0.4 is 5.32 Å². The van der Waals surface area contributed by atoms with Crippen molar-refractivity contribution in [2.24, 2.45) is 5.92 Å². The fourth-order valence-corrected chi connectivity index (χ4v) is 3.05. The molecule has 1 aromatic carbocycles. The maximum atomic E-state index is 12.4. The summed E-state index contributed by atoms with van der Waals surface area (Å²) in [5.74, 6) is 1.34. The lowest BCUT2D eigenvalue weighted by molar-refractivity contribution is -0.133. The number of likely N-dealkylation sites (tertiary alicyclic amines) is 1. The molecule has 0 unspecified atom stereocenters. The average molecular weight is 328 g/mol. The topological polar surface area (TPSA) is 75.9 Å². The van der Waals surface area contributed by atoms with E-state index in [2.05, 4.69) is 20.7 Å². The lowest BCUT2D eigenvalue weighted by atomic mass is 9.93. The number of carbonyl (C=O) groups excluding carboxylic acids is 1. The van der Waals surface area contributed by atoms with E-state index in [-0.39, 0.29) is 12.5 Å². The van der Waals surface area contributed by atoms with Gasteiger partial charge in [0.15, 0.2) is 0 Å². The lowest BCUT2D eigenvalue weighted by Gasteiger charge is -2.31. The number of hydrogen-bond donors (Lipinski definition) is 1. The molecule has 0 saturated carbocycles. The van der Waals surface area contributed by atoms with Crippen molar-refractivity contribution >= 4 is 5.91 Å². The van der Waals surface area contributed by atoms with Crippen molar-refractivity contribution in [2.45, 2.75) is 25.8 Å². The number of carbonyl (C=O) groups is 1. The monoisotopic (exact) mass is 328 g/mol. The van der Waals surface area contributed by atoms with Gasteiger partial charge in [-0.2, -0.15) is 4.80 Å². The van der Waals surface area contributed by atoms with Crippen molar-refractivity contribution in [3.63, 3.8) is 0 Å². The van der Waals surface area contributed by atoms with Gasteiger partial charge in [-0.25, -0.2) is 0 Å². The smallest absolute Gasteiger partial charge is 0.246 e. The Kier molecular flexibility index (Phi) is 5.53. The number of benzene rings is 1. The summed E-state index contributed by atoms with van der Waals surface area (Å²) in [6.07, 6.45) is 3.34. The van der Waals surface area contributed by atoms with Crippen molar-refractivity contribution in [3.05, 3.63) is 30.3 Å². The van der Waals surface area contributed by atoms with Crippen LogP contribution in [0, 0.1) is 5.92 Å². The van der Waals surface area contributed by atoms with Crippen LogP contribution in [0.4, 0.5) is 0 Å². The molecule has 1 saturated heterocycles. The second-order valence-electron chi connectivity index (χ2n) is 6.23. The second kappa shape index (κ2) is 8.01. The Morgan fingerprint density at radius 1 is 1.25 bits per heavy atom. The summed E-state index contributed by atoms with van der Waals surface area (Å²) in [5.41, 5.74) is 0.904. The fourth-order valence-electron chi connectivity index (χ4n) is 3.05. The molecule has 1 fully saturated rings. The highest BCUT2D eigenvalue weighted by molar-refractivity contribution is 5.75. The molecule has 2 aromatic rings. The third-order valence-corrected chi connectivity index (χ3v) is 4.53. The Morgan fingerprint density at radius 3 is 2.71 bits per heavy atom. The van der Waals surface area contributed by atoms with E-state index in [1.54, 1.807) is 0 Å². The van der Waals surface area contributed by atoms with Gasteiger partial charge in [0.05, 0.1) is 0 Å². The minimum Gasteiger partial charge on any atom is -0.341 e. The first-order valence-corrected chi connectivity index (χ1v) is 8.52. The number of hydrogen-bond acceptors (Lipinski definition) is 5. The second-order valence-corrected chi connectivity index (χ2v) is 6.23. The Labute approximate surface area is 142 Å². The van der Waals surface area contributed by atoms with Crippen molar-refractivity contribution < 1.29 is 4.79 Å². The molecule has 7 nitrogen and oxygen atoms in total. The van der Waals surface area contributed by atoms with E-state index >= 15 is 0 Å². The zero-order valence-electron chi connectivity index (χ0n) is 14.1. The van der Waals surface area contributed by atoms with E-state index in [4.69, 9.17) is 0 Å². The highest BCUT2D eigenvalue weighted by atomic mass is 16.2. The van der Waals surface area contributed by atoms with E-state index in [1.165, 1.54) is 11.2 Å². The predicted molar refractivity (Wildman–Crippen MR) is 91.1 cm³/mol. The van der Waals surface area contributed by atoms with Crippen molar-refractivity contribution in [2.75, 3.05) is 26.7 Å². The number of tetrazole rings is 1. The molecule has 0 bridgehead atoms. The van der Waals surface area contributed by atoms with Gasteiger partial charge in [0.2, 0.25) is 11.7 Å². The molecule has 0 aliphatic carbocycles. The molecular weight excluding hydrogens is 304 g/mol. The van der Waals surface area contributed by atoms with Gasteiger partial charge in [-0.15, -0.1) is 10.2 Å². The average Bonchev–Trinajstić information content (AvgIpc) is 3.09. The van der Waals surface area contributed by atoms with E-state index in [1.807, 2.05) is 42.3 Å². The molecule has 1 N–H and O–H groups in total. The largest absolute Gasteiger partial charge is 0.341 e. The third-order valence-electron chi connectivity index (χ3n) is 4.53. The van der Waals surface area contributed by atoms with Gasteiger partial charge in [0.25, 0.3) is 0 Å². The van der Waals surface area contributed by atoms with Gasteiger partial charge in [-0.3, -0.25) is 4.79 Å². The molecule has 24 heavy (non-hydrogen) atoms. The zero-order chi connectivity index (χ0) is 16.8. The summed E-state index contributed by atoms with van der Waals surface area (Å²) in [7, 11) is 1.98. The molecule has 128 valence electrons. The highest BCUT2D eigenvalue weighted by Gasteiger charge is 2.23. The molecule has 0 radical (unpaired) electrons. The summed E-state index contributed by atoms with van der Waals surface area (Å²) < 4.78 is 0. The zero-order valence-corrected chi connectivity index (χ0v) is 14.1. The number of piperidine rings is 1. The Hall–Kier alpha value is -2.28. The fraction of sp³-hybridized carbons (Fsp3) is 0.529. The Morgan fingerprint density at radius 2 is 2.00 bits per heavy atom. The normalized spacial score (nSPS) is 15.6.